The molecule has 6 heteroatoms. The number of rotatable bonds is 9. The lowest BCUT2D eigenvalue weighted by atomic mass is 10.1. The van der Waals surface area contributed by atoms with Gasteiger partial charge in [0.2, 0.25) is 5.78 Å². The van der Waals surface area contributed by atoms with E-state index in [-0.39, 0.29) is 18.5 Å². The van der Waals surface area contributed by atoms with Crippen molar-refractivity contribution in [1.82, 2.24) is 0 Å². The van der Waals surface area contributed by atoms with Crippen LogP contribution in [0.4, 0.5) is 0 Å². The summed E-state index contributed by atoms with van der Waals surface area (Å²) in [4.78, 5) is 12.6. The predicted octanol–water partition coefficient (Wildman–Crippen LogP) is 4.01. The summed E-state index contributed by atoms with van der Waals surface area (Å²) in [5.41, 5.74) is 0.406. The molecule has 0 saturated heterocycles. The molecule has 0 aliphatic carbocycles. The first kappa shape index (κ1) is 17.6. The van der Waals surface area contributed by atoms with E-state index < -0.39 is 13.4 Å². The molecule has 1 rings (SSSR count). The van der Waals surface area contributed by atoms with E-state index in [1.165, 1.54) is 6.26 Å². The van der Waals surface area contributed by atoms with Crippen LogP contribution in [0.1, 0.15) is 31.1 Å². The van der Waals surface area contributed by atoms with E-state index >= 15 is 0 Å². The van der Waals surface area contributed by atoms with Crippen LogP contribution in [0.3, 0.4) is 0 Å². The fourth-order valence-electron chi connectivity index (χ4n) is 1.66. The van der Waals surface area contributed by atoms with Crippen molar-refractivity contribution >= 4 is 13.4 Å². The molecule has 0 amide bonds. The summed E-state index contributed by atoms with van der Waals surface area (Å²) in [7, 11) is -3.69. The lowest BCUT2D eigenvalue weighted by Gasteiger charge is -2.19. The molecule has 0 fully saturated rings. The van der Waals surface area contributed by atoms with Gasteiger partial charge in [0.15, 0.2) is 0 Å². The predicted molar refractivity (Wildman–Crippen MR) is 81.3 cm³/mol. The lowest BCUT2D eigenvalue weighted by Crippen LogP contribution is -2.09. The van der Waals surface area contributed by atoms with Crippen LogP contribution in [-0.4, -0.2) is 25.6 Å². The van der Waals surface area contributed by atoms with Crippen LogP contribution in [0, 0.1) is 0 Å². The van der Waals surface area contributed by atoms with Crippen molar-refractivity contribution in [2.24, 2.45) is 0 Å². The molecular formula is C15H21O5P. The van der Waals surface area contributed by atoms with Crippen LogP contribution in [0.15, 0.2) is 41.9 Å². The van der Waals surface area contributed by atoms with E-state index in [1.807, 2.05) is 0 Å². The van der Waals surface area contributed by atoms with Gasteiger partial charge >= 0.3 is 7.60 Å². The maximum atomic E-state index is 12.8. The van der Waals surface area contributed by atoms with Gasteiger partial charge in [0.25, 0.3) is 0 Å². The zero-order valence-electron chi connectivity index (χ0n) is 12.6. The van der Waals surface area contributed by atoms with Crippen molar-refractivity contribution < 1.29 is 23.1 Å². The molecular weight excluding hydrogens is 291 g/mol. The van der Waals surface area contributed by atoms with Crippen LogP contribution in [0.25, 0.3) is 0 Å². The van der Waals surface area contributed by atoms with E-state index in [0.717, 1.165) is 0 Å². The lowest BCUT2D eigenvalue weighted by molar-refractivity contribution is 0.102. The molecule has 0 unspecified atom stereocenters. The fraction of sp³-hybridized carbons (Fsp3) is 0.400. The van der Waals surface area contributed by atoms with Crippen LogP contribution >= 0.6 is 7.60 Å². The monoisotopic (exact) mass is 312 g/mol. The molecule has 0 heterocycles. The molecule has 0 atom stereocenters. The van der Waals surface area contributed by atoms with Crippen LogP contribution in [-0.2, 0) is 18.3 Å². The van der Waals surface area contributed by atoms with Gasteiger partial charge in [-0.25, -0.2) is 0 Å². The second-order valence-corrected chi connectivity index (χ2v) is 5.98. The van der Waals surface area contributed by atoms with Crippen LogP contribution < -0.4 is 0 Å². The van der Waals surface area contributed by atoms with Gasteiger partial charge in [0.05, 0.1) is 19.8 Å². The molecule has 0 aliphatic rings. The molecule has 0 aliphatic heterocycles. The molecule has 0 radical (unpaired) electrons. The summed E-state index contributed by atoms with van der Waals surface area (Å²) in [6, 6.07) is 8.55. The minimum atomic E-state index is -3.69. The summed E-state index contributed by atoms with van der Waals surface area (Å²) in [6.07, 6.45) is 1.18. The van der Waals surface area contributed by atoms with Crippen LogP contribution in [0.5, 0.6) is 0 Å². The average Bonchev–Trinajstić information content (AvgIpc) is 2.48. The molecule has 0 aromatic heterocycles. The number of carbonyl (C=O) groups is 1. The Kier molecular flexibility index (Phi) is 7.37. The van der Waals surface area contributed by atoms with Gasteiger partial charge in [-0.15, -0.1) is 0 Å². The van der Waals surface area contributed by atoms with Gasteiger partial charge in [0.1, 0.15) is 11.6 Å². The molecule has 21 heavy (non-hydrogen) atoms. The standard InChI is InChI=1S/C15H21O5P/c1-4-18-12-14(21(17,19-5-2)20-6-3)15(16)13-10-8-7-9-11-13/h7-12H,4-6H2,1-3H3/b14-12+. The fourth-order valence-corrected chi connectivity index (χ4v) is 3.27. The number of ketones is 1. The van der Waals surface area contributed by atoms with E-state index in [9.17, 15) is 9.36 Å². The third kappa shape index (κ3) is 4.81. The molecule has 0 saturated carbocycles. The number of ether oxygens (including phenoxy) is 1. The summed E-state index contributed by atoms with van der Waals surface area (Å²) in [5.74, 6) is -0.422. The SMILES string of the molecule is CCO/C=C(\C(=O)c1ccccc1)P(=O)(OCC)OCC. The maximum Gasteiger partial charge on any atom is 0.368 e. The zero-order chi connectivity index (χ0) is 15.7. The summed E-state index contributed by atoms with van der Waals surface area (Å²) < 4.78 is 28.5. The highest BCUT2D eigenvalue weighted by Crippen LogP contribution is 2.56. The molecule has 0 bridgehead atoms. The van der Waals surface area contributed by atoms with Gasteiger partial charge in [-0.05, 0) is 20.8 Å². The highest BCUT2D eigenvalue weighted by molar-refractivity contribution is 7.60. The number of carbonyl (C=O) groups excluding carboxylic acids is 1. The van der Waals surface area contributed by atoms with Crippen molar-refractivity contribution in [1.29, 1.82) is 0 Å². The first-order chi connectivity index (χ1) is 10.1. The van der Waals surface area contributed by atoms with Crippen LogP contribution in [0.2, 0.25) is 0 Å². The topological polar surface area (TPSA) is 61.8 Å². The summed E-state index contributed by atoms with van der Waals surface area (Å²) in [6.45, 7) is 5.84. The molecule has 5 nitrogen and oxygen atoms in total. The van der Waals surface area contributed by atoms with E-state index in [2.05, 4.69) is 0 Å². The summed E-state index contributed by atoms with van der Waals surface area (Å²) in [5, 5.41) is -0.0840. The van der Waals surface area contributed by atoms with E-state index in [0.29, 0.717) is 12.2 Å². The number of allylic oxidation sites excluding steroid dienone is 1. The molecule has 1 aromatic carbocycles. The Morgan fingerprint density at radius 2 is 1.62 bits per heavy atom. The second kappa shape index (κ2) is 8.78. The third-order valence-electron chi connectivity index (χ3n) is 2.52. The van der Waals surface area contributed by atoms with Gasteiger partial charge in [-0.1, -0.05) is 30.3 Å². The average molecular weight is 312 g/mol. The minimum Gasteiger partial charge on any atom is -0.500 e. The first-order valence-electron chi connectivity index (χ1n) is 6.90. The normalized spacial score (nSPS) is 12.2. The van der Waals surface area contributed by atoms with Gasteiger partial charge in [-0.2, -0.15) is 0 Å². The highest BCUT2D eigenvalue weighted by atomic mass is 31.2. The quantitative estimate of drug-likeness (QED) is 0.298. The maximum absolute atomic E-state index is 12.8. The number of benzene rings is 1. The second-order valence-electron chi connectivity index (χ2n) is 3.99. The van der Waals surface area contributed by atoms with E-state index in [1.54, 1.807) is 51.1 Å². The largest absolute Gasteiger partial charge is 0.500 e. The first-order valence-corrected chi connectivity index (χ1v) is 8.44. The Bertz CT molecular complexity index is 514. The Labute approximate surface area is 125 Å². The molecule has 0 N–H and O–H groups in total. The molecule has 0 spiro atoms. The Balaban J connectivity index is 3.21. The third-order valence-corrected chi connectivity index (χ3v) is 4.62. The summed E-state index contributed by atoms with van der Waals surface area (Å²) >= 11 is 0. The van der Waals surface area contributed by atoms with Crippen molar-refractivity contribution in [2.75, 3.05) is 19.8 Å². The Morgan fingerprint density at radius 3 is 2.10 bits per heavy atom. The molecule has 116 valence electrons. The highest BCUT2D eigenvalue weighted by Gasteiger charge is 2.36. The van der Waals surface area contributed by atoms with Gasteiger partial charge in [-0.3, -0.25) is 9.36 Å². The van der Waals surface area contributed by atoms with Crippen molar-refractivity contribution in [3.05, 3.63) is 47.5 Å². The Hall–Kier alpha value is -1.42. The van der Waals surface area contributed by atoms with Crippen molar-refractivity contribution in [3.8, 4) is 0 Å². The van der Waals surface area contributed by atoms with E-state index in [4.69, 9.17) is 13.8 Å². The smallest absolute Gasteiger partial charge is 0.368 e. The number of hydrogen-bond donors (Lipinski definition) is 0. The van der Waals surface area contributed by atoms with Crippen molar-refractivity contribution in [3.63, 3.8) is 0 Å². The number of hydrogen-bond acceptors (Lipinski definition) is 5. The number of Topliss-reactive ketones (excluding diaryl/α,β-unsaturated/α-hetero) is 1. The zero-order valence-corrected chi connectivity index (χ0v) is 13.5. The minimum absolute atomic E-state index is 0.0840. The van der Waals surface area contributed by atoms with Crippen molar-refractivity contribution in [2.45, 2.75) is 20.8 Å². The van der Waals surface area contributed by atoms with Gasteiger partial charge in [0, 0.05) is 5.56 Å². The van der Waals surface area contributed by atoms with Gasteiger partial charge < -0.3 is 13.8 Å². The molecule has 1 aromatic rings. The Morgan fingerprint density at radius 1 is 1.05 bits per heavy atom.